The molecule has 2 aromatic rings. The third-order valence-corrected chi connectivity index (χ3v) is 6.17. The highest BCUT2D eigenvalue weighted by molar-refractivity contribution is 6.03. The number of benzene rings is 1. The third kappa shape index (κ3) is 3.63. The van der Waals surface area contributed by atoms with Crippen LogP contribution in [0.3, 0.4) is 0 Å². The molecule has 1 amide bonds. The van der Waals surface area contributed by atoms with Crippen molar-refractivity contribution in [2.45, 2.75) is 45.4 Å². The van der Waals surface area contributed by atoms with E-state index in [-0.39, 0.29) is 35.7 Å². The van der Waals surface area contributed by atoms with Gasteiger partial charge >= 0.3 is 0 Å². The largest absolute Gasteiger partial charge is 0.503 e. The lowest BCUT2D eigenvalue weighted by Crippen LogP contribution is -2.49. The number of hydrogen-bond acceptors (Lipinski definition) is 5. The normalized spacial score (nSPS) is 22.9. The van der Waals surface area contributed by atoms with Gasteiger partial charge < -0.3 is 19.7 Å². The predicted octanol–water partition coefficient (Wildman–Crippen LogP) is 2.53. The lowest BCUT2D eigenvalue weighted by atomic mass is 9.72. The molecule has 1 aromatic heterocycles. The summed E-state index contributed by atoms with van der Waals surface area (Å²) in [6.07, 6.45) is 2.97. The summed E-state index contributed by atoms with van der Waals surface area (Å²) >= 11 is 0. The van der Waals surface area contributed by atoms with Crippen molar-refractivity contribution in [2.75, 3.05) is 6.61 Å². The van der Waals surface area contributed by atoms with Gasteiger partial charge in [0.15, 0.2) is 11.5 Å². The lowest BCUT2D eigenvalue weighted by Gasteiger charge is -2.40. The zero-order chi connectivity index (χ0) is 22.3. The number of fused-ring (bicyclic) bond motifs is 2. The molecule has 3 heterocycles. The molecular formula is C22H22F2N2O5. The highest BCUT2D eigenvalue weighted by Crippen LogP contribution is 2.42. The predicted molar refractivity (Wildman–Crippen MR) is 106 cm³/mol. The molecule has 1 fully saturated rings. The highest BCUT2D eigenvalue weighted by atomic mass is 19.1. The molecule has 2 aliphatic heterocycles. The van der Waals surface area contributed by atoms with Gasteiger partial charge in [-0.3, -0.25) is 14.4 Å². The molecule has 164 valence electrons. The average molecular weight is 432 g/mol. The summed E-state index contributed by atoms with van der Waals surface area (Å²) in [6, 6.07) is 2.93. The average Bonchev–Trinajstić information content (AvgIpc) is 2.92. The van der Waals surface area contributed by atoms with Crippen LogP contribution in [0.1, 0.15) is 52.6 Å². The molecular weight excluding hydrogens is 410 g/mol. The number of pyridine rings is 1. The van der Waals surface area contributed by atoms with Crippen molar-refractivity contribution < 1.29 is 28.2 Å². The van der Waals surface area contributed by atoms with E-state index in [0.29, 0.717) is 19.1 Å². The molecule has 2 aliphatic rings. The van der Waals surface area contributed by atoms with E-state index in [9.17, 15) is 28.3 Å². The van der Waals surface area contributed by atoms with E-state index in [1.165, 1.54) is 16.8 Å². The van der Waals surface area contributed by atoms with E-state index in [2.05, 4.69) is 5.32 Å². The molecule has 0 spiro atoms. The number of aromatic hydroxyl groups is 1. The van der Waals surface area contributed by atoms with Gasteiger partial charge in [-0.25, -0.2) is 8.78 Å². The number of aromatic nitrogens is 1. The van der Waals surface area contributed by atoms with Gasteiger partial charge in [0.2, 0.25) is 5.43 Å². The van der Waals surface area contributed by atoms with Crippen molar-refractivity contribution in [3.05, 3.63) is 63.1 Å². The van der Waals surface area contributed by atoms with E-state index in [1.54, 1.807) is 6.92 Å². The van der Waals surface area contributed by atoms with Crippen LogP contribution in [0, 0.1) is 17.0 Å². The van der Waals surface area contributed by atoms with Crippen LogP contribution in [-0.4, -0.2) is 34.1 Å². The van der Waals surface area contributed by atoms with E-state index in [4.69, 9.17) is 4.74 Å². The number of ketones is 1. The minimum absolute atomic E-state index is 0.0369. The molecule has 2 atom stereocenters. The number of nitrogens with zero attached hydrogens (tertiary/aromatic N) is 1. The Kier molecular flexibility index (Phi) is 5.38. The zero-order valence-corrected chi connectivity index (χ0v) is 16.9. The molecule has 1 aromatic carbocycles. The number of rotatable bonds is 3. The van der Waals surface area contributed by atoms with Crippen LogP contribution >= 0.6 is 0 Å². The van der Waals surface area contributed by atoms with Gasteiger partial charge in [-0.15, -0.1) is 0 Å². The van der Waals surface area contributed by atoms with Crippen LogP contribution in [0.5, 0.6) is 5.75 Å². The summed E-state index contributed by atoms with van der Waals surface area (Å²) < 4.78 is 34.1. The molecule has 7 nitrogen and oxygen atoms in total. The van der Waals surface area contributed by atoms with E-state index < -0.39 is 40.2 Å². The van der Waals surface area contributed by atoms with E-state index in [1.807, 2.05) is 0 Å². The fraction of sp³-hybridized carbons (Fsp3) is 0.409. The minimum atomic E-state index is -0.978. The van der Waals surface area contributed by atoms with E-state index in [0.717, 1.165) is 18.9 Å². The highest BCUT2D eigenvalue weighted by Gasteiger charge is 2.49. The minimum Gasteiger partial charge on any atom is -0.503 e. The number of halogens is 2. The number of nitrogens with one attached hydrogen (secondary N) is 1. The third-order valence-electron chi connectivity index (χ3n) is 6.17. The second-order valence-corrected chi connectivity index (χ2v) is 8.20. The molecule has 2 N–H and O–H groups in total. The monoisotopic (exact) mass is 432 g/mol. The molecule has 2 unspecified atom stereocenters. The standard InChI is InChI=1S/C22H22F2N2O5/c1-22-6-2-3-7-31-16(22)11-26-10-14(18(27)19(28)17(26)20(22)29)21(30)25-9-12-4-5-13(23)8-15(12)24/h4-5,8,10,16,28H,2-3,6-7,9,11H2,1H3,(H,25,30). The first-order valence-electron chi connectivity index (χ1n) is 10.1. The van der Waals surface area contributed by atoms with Gasteiger partial charge in [0.25, 0.3) is 5.91 Å². The topological polar surface area (TPSA) is 97.6 Å². The fourth-order valence-electron chi connectivity index (χ4n) is 4.26. The number of Topliss-reactive ketones (excluding diaryl/α,β-unsaturated/α-hetero) is 1. The smallest absolute Gasteiger partial charge is 0.257 e. The number of amides is 1. The first-order chi connectivity index (χ1) is 14.7. The SMILES string of the molecule is CC12CCCCOC1Cn1cc(C(=O)NCc3ccc(F)cc3F)c(=O)c(O)c1C2=O. The van der Waals surface area contributed by atoms with Gasteiger partial charge in [-0.05, 0) is 25.8 Å². The van der Waals surface area contributed by atoms with Crippen LogP contribution in [-0.2, 0) is 17.8 Å². The number of ether oxygens (including phenoxy) is 1. The molecule has 0 aliphatic carbocycles. The Bertz CT molecular complexity index is 1130. The Morgan fingerprint density at radius 1 is 1.32 bits per heavy atom. The van der Waals surface area contributed by atoms with Crippen molar-refractivity contribution in [3.63, 3.8) is 0 Å². The Morgan fingerprint density at radius 2 is 2.10 bits per heavy atom. The van der Waals surface area contributed by atoms with Gasteiger partial charge in [0.1, 0.15) is 22.9 Å². The zero-order valence-electron chi connectivity index (χ0n) is 16.9. The number of carbonyl (C=O) groups excluding carboxylic acids is 2. The van der Waals surface area contributed by atoms with Crippen molar-refractivity contribution in [1.29, 1.82) is 0 Å². The number of hydrogen-bond donors (Lipinski definition) is 2. The summed E-state index contributed by atoms with van der Waals surface area (Å²) in [5.41, 5.74) is -2.31. The molecule has 0 saturated carbocycles. The quantitative estimate of drug-likeness (QED) is 0.777. The second-order valence-electron chi connectivity index (χ2n) is 8.20. The van der Waals surface area contributed by atoms with Crippen molar-refractivity contribution in [1.82, 2.24) is 9.88 Å². The Hall–Kier alpha value is -3.07. The molecule has 0 bridgehead atoms. The van der Waals surface area contributed by atoms with Crippen LogP contribution < -0.4 is 10.7 Å². The second kappa shape index (κ2) is 7.88. The van der Waals surface area contributed by atoms with Crippen LogP contribution in [0.25, 0.3) is 0 Å². The van der Waals surface area contributed by atoms with E-state index >= 15 is 0 Å². The van der Waals surface area contributed by atoms with Crippen LogP contribution in [0.15, 0.2) is 29.2 Å². The Balaban J connectivity index is 1.65. The first-order valence-corrected chi connectivity index (χ1v) is 10.1. The summed E-state index contributed by atoms with van der Waals surface area (Å²) in [5.74, 6) is -3.60. The Morgan fingerprint density at radius 3 is 2.84 bits per heavy atom. The maximum atomic E-state index is 13.8. The Labute approximate surface area is 176 Å². The van der Waals surface area contributed by atoms with Crippen LogP contribution in [0.4, 0.5) is 8.78 Å². The molecule has 9 heteroatoms. The number of carbonyl (C=O) groups is 2. The maximum Gasteiger partial charge on any atom is 0.257 e. The molecule has 4 rings (SSSR count). The maximum absolute atomic E-state index is 13.8. The van der Waals surface area contributed by atoms with Crippen molar-refractivity contribution in [3.8, 4) is 5.75 Å². The summed E-state index contributed by atoms with van der Waals surface area (Å²) in [6.45, 7) is 2.20. The van der Waals surface area contributed by atoms with Crippen molar-refractivity contribution in [2.24, 2.45) is 5.41 Å². The molecule has 31 heavy (non-hydrogen) atoms. The summed E-state index contributed by atoms with van der Waals surface area (Å²) in [7, 11) is 0. The van der Waals surface area contributed by atoms with Gasteiger partial charge in [-0.1, -0.05) is 12.5 Å². The first kappa shape index (κ1) is 21.2. The summed E-state index contributed by atoms with van der Waals surface area (Å²) in [5, 5.41) is 12.9. The molecule has 0 radical (unpaired) electrons. The summed E-state index contributed by atoms with van der Waals surface area (Å²) in [4.78, 5) is 38.4. The molecule has 1 saturated heterocycles. The van der Waals surface area contributed by atoms with Gasteiger partial charge in [0, 0.05) is 31.0 Å². The van der Waals surface area contributed by atoms with Gasteiger partial charge in [-0.2, -0.15) is 0 Å². The van der Waals surface area contributed by atoms with Crippen molar-refractivity contribution >= 4 is 11.7 Å². The lowest BCUT2D eigenvalue weighted by molar-refractivity contribution is -0.0284. The van der Waals surface area contributed by atoms with Gasteiger partial charge in [0.05, 0.1) is 18.1 Å². The van der Waals surface area contributed by atoms with Crippen LogP contribution in [0.2, 0.25) is 0 Å². The fourth-order valence-corrected chi connectivity index (χ4v) is 4.26.